The number of nitrogens with zero attached hydrogens (tertiary/aromatic N) is 2. The molecule has 8 nitrogen and oxygen atoms in total. The summed E-state index contributed by atoms with van der Waals surface area (Å²) in [5.74, 6) is -1.64. The highest BCUT2D eigenvalue weighted by Gasteiger charge is 2.56. The van der Waals surface area contributed by atoms with E-state index < -0.39 is 18.9 Å². The zero-order valence-electron chi connectivity index (χ0n) is 11.4. The Bertz CT molecular complexity index is 467. The highest BCUT2D eigenvalue weighted by atomic mass is 31.2. The zero-order valence-corrected chi connectivity index (χ0v) is 12.3. The molecular formula is C11H19N2O6P. The summed E-state index contributed by atoms with van der Waals surface area (Å²) in [4.78, 5) is 15.2. The molecular weight excluding hydrogens is 287 g/mol. The second-order valence-corrected chi connectivity index (χ2v) is 6.26. The molecule has 0 aliphatic carbocycles. The van der Waals surface area contributed by atoms with E-state index >= 15 is 0 Å². The van der Waals surface area contributed by atoms with Crippen LogP contribution >= 0.6 is 7.60 Å². The van der Waals surface area contributed by atoms with E-state index in [1.807, 2.05) is 0 Å². The fraction of sp³-hybridized carbons (Fsp3) is 0.636. The molecule has 1 aromatic heterocycles. The molecule has 0 amide bonds. The van der Waals surface area contributed by atoms with Crippen molar-refractivity contribution in [3.05, 3.63) is 18.7 Å². The van der Waals surface area contributed by atoms with Crippen LogP contribution in [0.1, 0.15) is 20.3 Å². The van der Waals surface area contributed by atoms with Crippen LogP contribution in [0, 0.1) is 0 Å². The Hall–Kier alpha value is -1.21. The van der Waals surface area contributed by atoms with Crippen LogP contribution in [-0.2, 0) is 25.0 Å². The second kappa shape index (κ2) is 6.99. The van der Waals surface area contributed by atoms with Crippen LogP contribution in [-0.4, -0.2) is 44.3 Å². The van der Waals surface area contributed by atoms with Crippen molar-refractivity contribution in [3.8, 4) is 0 Å². The molecule has 0 fully saturated rings. The lowest BCUT2D eigenvalue weighted by atomic mass is 10.2. The molecule has 1 atom stereocenters. The Balaban J connectivity index is 2.98. The number of aryl methyl sites for hydroxylation is 1. The van der Waals surface area contributed by atoms with Crippen molar-refractivity contribution < 1.29 is 28.6 Å². The summed E-state index contributed by atoms with van der Waals surface area (Å²) in [7, 11) is -4.19. The number of hydrogen-bond acceptors (Lipinski definition) is 6. The summed E-state index contributed by atoms with van der Waals surface area (Å²) in [6.07, 6.45) is 4.27. The molecule has 0 aliphatic heterocycles. The monoisotopic (exact) mass is 306 g/mol. The van der Waals surface area contributed by atoms with Gasteiger partial charge >= 0.3 is 13.6 Å². The molecule has 114 valence electrons. The lowest BCUT2D eigenvalue weighted by molar-refractivity contribution is -0.152. The van der Waals surface area contributed by atoms with Gasteiger partial charge in [0.15, 0.2) is 0 Å². The molecule has 9 heteroatoms. The van der Waals surface area contributed by atoms with Gasteiger partial charge in [-0.2, -0.15) is 0 Å². The number of aromatic nitrogens is 2. The minimum atomic E-state index is -4.19. The third-order valence-electron chi connectivity index (χ3n) is 2.67. The van der Waals surface area contributed by atoms with Gasteiger partial charge in [0.25, 0.3) is 5.34 Å². The minimum Gasteiger partial charge on any atom is -0.479 e. The van der Waals surface area contributed by atoms with Gasteiger partial charge in [-0.05, 0) is 13.8 Å². The first-order valence-electron chi connectivity index (χ1n) is 6.20. The number of rotatable bonds is 9. The van der Waals surface area contributed by atoms with Crippen LogP contribution in [0.2, 0.25) is 0 Å². The van der Waals surface area contributed by atoms with Gasteiger partial charge in [0.2, 0.25) is 0 Å². The van der Waals surface area contributed by atoms with Gasteiger partial charge in [0.1, 0.15) is 0 Å². The molecule has 0 aliphatic rings. The summed E-state index contributed by atoms with van der Waals surface area (Å²) in [5.41, 5.74) is 0. The lowest BCUT2D eigenvalue weighted by Crippen LogP contribution is -2.40. The van der Waals surface area contributed by atoms with Crippen molar-refractivity contribution in [2.24, 2.45) is 0 Å². The topological polar surface area (TPSA) is 111 Å². The van der Waals surface area contributed by atoms with Gasteiger partial charge in [-0.15, -0.1) is 0 Å². The minimum absolute atomic E-state index is 0.0298. The number of carbonyl (C=O) groups is 1. The Morgan fingerprint density at radius 1 is 1.40 bits per heavy atom. The van der Waals surface area contributed by atoms with Crippen LogP contribution in [0.15, 0.2) is 18.7 Å². The van der Waals surface area contributed by atoms with Gasteiger partial charge in [0, 0.05) is 25.4 Å². The van der Waals surface area contributed by atoms with Gasteiger partial charge in [-0.1, -0.05) is 0 Å². The Kier molecular flexibility index (Phi) is 5.88. The van der Waals surface area contributed by atoms with Gasteiger partial charge < -0.3 is 23.8 Å². The molecule has 0 bridgehead atoms. The van der Waals surface area contributed by atoms with E-state index in [0.717, 1.165) is 0 Å². The Morgan fingerprint density at radius 2 is 2.00 bits per heavy atom. The smallest absolute Gasteiger partial charge is 0.373 e. The van der Waals surface area contributed by atoms with Crippen LogP contribution in [0.25, 0.3) is 0 Å². The molecule has 0 aromatic carbocycles. The van der Waals surface area contributed by atoms with E-state index in [4.69, 9.17) is 9.05 Å². The van der Waals surface area contributed by atoms with E-state index in [0.29, 0.717) is 0 Å². The Morgan fingerprint density at radius 3 is 2.40 bits per heavy atom. The molecule has 0 spiro atoms. The largest absolute Gasteiger partial charge is 0.479 e. The van der Waals surface area contributed by atoms with E-state index in [1.54, 1.807) is 24.6 Å². The summed E-state index contributed by atoms with van der Waals surface area (Å²) in [5, 5.41) is 17.0. The average Bonchev–Trinajstić information content (AvgIpc) is 2.89. The summed E-state index contributed by atoms with van der Waals surface area (Å²) in [6, 6.07) is 0. The summed E-state index contributed by atoms with van der Waals surface area (Å²) >= 11 is 0. The number of imidazole rings is 1. The van der Waals surface area contributed by atoms with Crippen molar-refractivity contribution >= 4 is 13.6 Å². The fourth-order valence-electron chi connectivity index (χ4n) is 1.66. The highest BCUT2D eigenvalue weighted by molar-refractivity contribution is 7.56. The normalized spacial score (nSPS) is 14.9. The molecule has 1 unspecified atom stereocenters. The molecule has 1 aromatic rings. The highest BCUT2D eigenvalue weighted by Crippen LogP contribution is 2.60. The van der Waals surface area contributed by atoms with Crippen LogP contribution in [0.3, 0.4) is 0 Å². The van der Waals surface area contributed by atoms with E-state index in [9.17, 15) is 19.6 Å². The van der Waals surface area contributed by atoms with Crippen molar-refractivity contribution in [2.75, 3.05) is 13.2 Å². The number of hydrogen-bond donors (Lipinski definition) is 2. The first-order chi connectivity index (χ1) is 9.39. The predicted molar refractivity (Wildman–Crippen MR) is 70.3 cm³/mol. The number of carboxylic acid groups (broad SMARTS) is 1. The predicted octanol–water partition coefficient (Wildman–Crippen LogP) is 1.31. The van der Waals surface area contributed by atoms with Crippen molar-refractivity contribution in [3.63, 3.8) is 0 Å². The maximum absolute atomic E-state index is 12.5. The molecule has 0 radical (unpaired) electrons. The quantitative estimate of drug-likeness (QED) is 0.662. The molecule has 2 N–H and O–H groups in total. The van der Waals surface area contributed by atoms with Crippen LogP contribution in [0.5, 0.6) is 0 Å². The van der Waals surface area contributed by atoms with Crippen molar-refractivity contribution in [1.82, 2.24) is 9.55 Å². The average molecular weight is 306 g/mol. The maximum atomic E-state index is 12.5. The van der Waals surface area contributed by atoms with E-state index in [1.165, 1.54) is 12.5 Å². The number of aliphatic carboxylic acids is 1. The van der Waals surface area contributed by atoms with Gasteiger partial charge in [-0.3, -0.25) is 4.57 Å². The summed E-state index contributed by atoms with van der Waals surface area (Å²) < 4.78 is 24.0. The third-order valence-corrected chi connectivity index (χ3v) is 5.19. The molecule has 0 saturated heterocycles. The standard InChI is InChI=1S/C11H19N2O6P/c1-3-18-20(17,19-4-2)11(16,10(14)15)5-7-13-8-6-12-9-13/h6,8-9,16H,3-5,7H2,1-2H3,(H,14,15). The van der Waals surface area contributed by atoms with Crippen molar-refractivity contribution in [2.45, 2.75) is 32.2 Å². The Labute approximate surface area is 116 Å². The first kappa shape index (κ1) is 16.8. The third kappa shape index (κ3) is 3.46. The lowest BCUT2D eigenvalue weighted by Gasteiger charge is -2.30. The number of carboxylic acids is 1. The van der Waals surface area contributed by atoms with E-state index in [-0.39, 0.29) is 26.2 Å². The SMILES string of the molecule is CCOP(=O)(OCC)C(O)(CCn1ccnc1)C(=O)O. The first-order valence-corrected chi connectivity index (χ1v) is 7.74. The summed E-state index contributed by atoms with van der Waals surface area (Å²) in [6.45, 7) is 3.15. The second-order valence-electron chi connectivity index (χ2n) is 4.01. The van der Waals surface area contributed by atoms with Crippen LogP contribution < -0.4 is 0 Å². The van der Waals surface area contributed by atoms with Gasteiger partial charge in [0.05, 0.1) is 19.5 Å². The van der Waals surface area contributed by atoms with Gasteiger partial charge in [-0.25, -0.2) is 9.78 Å². The zero-order chi connectivity index (χ0) is 15.2. The molecule has 1 heterocycles. The maximum Gasteiger partial charge on any atom is 0.373 e. The molecule has 20 heavy (non-hydrogen) atoms. The fourth-order valence-corrected chi connectivity index (χ4v) is 3.45. The van der Waals surface area contributed by atoms with E-state index in [2.05, 4.69) is 4.98 Å². The van der Waals surface area contributed by atoms with Crippen LogP contribution in [0.4, 0.5) is 0 Å². The molecule has 1 rings (SSSR count). The van der Waals surface area contributed by atoms with Crippen molar-refractivity contribution in [1.29, 1.82) is 0 Å². The molecule has 0 saturated carbocycles. The number of aliphatic hydroxyl groups is 1.